The molecule has 1 aromatic carbocycles. The highest BCUT2D eigenvalue weighted by Gasteiger charge is 2.07. The second kappa shape index (κ2) is 4.67. The monoisotopic (exact) mass is 237 g/mol. The molecule has 0 spiro atoms. The zero-order chi connectivity index (χ0) is 11.4. The van der Waals surface area contributed by atoms with Gasteiger partial charge in [0, 0.05) is 6.07 Å². The van der Waals surface area contributed by atoms with Crippen molar-refractivity contribution in [3.8, 4) is 5.75 Å². The van der Waals surface area contributed by atoms with Gasteiger partial charge in [-0.15, -0.1) is 0 Å². The summed E-state index contributed by atoms with van der Waals surface area (Å²) in [6.07, 6.45) is 0.892. The van der Waals surface area contributed by atoms with Gasteiger partial charge in [0.25, 0.3) is 0 Å². The first-order chi connectivity index (χ1) is 7.75. The Labute approximate surface area is 96.4 Å². The van der Waals surface area contributed by atoms with Crippen LogP contribution >= 0.6 is 11.6 Å². The molecule has 2 N–H and O–H groups in total. The average Bonchev–Trinajstić information content (AvgIpc) is 2.74. The standard InChI is InChI=1S/C10H8ClN3O2/c11-7-3-1-2-4-8(7)16-10(15)13-9-5-6-12-14-9/h1-6H,(H2,12,13,14,15). The summed E-state index contributed by atoms with van der Waals surface area (Å²) < 4.78 is 4.99. The van der Waals surface area contributed by atoms with Gasteiger partial charge in [-0.05, 0) is 12.1 Å². The molecule has 0 saturated heterocycles. The lowest BCUT2D eigenvalue weighted by Crippen LogP contribution is -2.17. The molecule has 0 fully saturated rings. The number of para-hydroxylation sites is 1. The van der Waals surface area contributed by atoms with Crippen molar-refractivity contribution in [3.63, 3.8) is 0 Å². The summed E-state index contributed by atoms with van der Waals surface area (Å²) in [5, 5.41) is 9.09. The molecule has 1 heterocycles. The summed E-state index contributed by atoms with van der Waals surface area (Å²) in [6.45, 7) is 0. The predicted octanol–water partition coefficient (Wildman–Crippen LogP) is 2.67. The van der Waals surface area contributed by atoms with Crippen molar-refractivity contribution in [1.82, 2.24) is 10.2 Å². The van der Waals surface area contributed by atoms with Gasteiger partial charge in [-0.1, -0.05) is 23.7 Å². The Morgan fingerprint density at radius 3 is 2.88 bits per heavy atom. The van der Waals surface area contributed by atoms with Gasteiger partial charge in [0.15, 0.2) is 5.75 Å². The van der Waals surface area contributed by atoms with Crippen LogP contribution in [0.4, 0.5) is 10.6 Å². The summed E-state index contributed by atoms with van der Waals surface area (Å²) in [5.41, 5.74) is 0. The molecule has 1 aromatic heterocycles. The minimum Gasteiger partial charge on any atom is -0.408 e. The van der Waals surface area contributed by atoms with Crippen molar-refractivity contribution in [3.05, 3.63) is 41.6 Å². The maximum Gasteiger partial charge on any atom is 0.418 e. The van der Waals surface area contributed by atoms with Gasteiger partial charge in [-0.3, -0.25) is 10.4 Å². The SMILES string of the molecule is O=C(Nc1ccn[nH]1)Oc1ccccc1Cl. The normalized spacial score (nSPS) is 9.81. The average molecular weight is 238 g/mol. The van der Waals surface area contributed by atoms with Crippen LogP contribution in [0.3, 0.4) is 0 Å². The van der Waals surface area contributed by atoms with E-state index in [1.807, 2.05) is 0 Å². The van der Waals surface area contributed by atoms with Crippen molar-refractivity contribution in [2.24, 2.45) is 0 Å². The van der Waals surface area contributed by atoms with E-state index in [4.69, 9.17) is 16.3 Å². The van der Waals surface area contributed by atoms with Gasteiger partial charge in [0.2, 0.25) is 0 Å². The smallest absolute Gasteiger partial charge is 0.408 e. The van der Waals surface area contributed by atoms with E-state index in [0.29, 0.717) is 16.6 Å². The van der Waals surface area contributed by atoms with Gasteiger partial charge in [0.1, 0.15) is 5.82 Å². The highest BCUT2D eigenvalue weighted by atomic mass is 35.5. The number of H-pyrrole nitrogens is 1. The number of halogens is 1. The topological polar surface area (TPSA) is 67.0 Å². The summed E-state index contributed by atoms with van der Waals surface area (Å²) in [7, 11) is 0. The van der Waals surface area contributed by atoms with E-state index >= 15 is 0 Å². The van der Waals surface area contributed by atoms with E-state index in [2.05, 4.69) is 15.5 Å². The Morgan fingerprint density at radius 2 is 2.19 bits per heavy atom. The zero-order valence-electron chi connectivity index (χ0n) is 8.11. The molecule has 1 amide bonds. The number of hydrogen-bond acceptors (Lipinski definition) is 3. The Morgan fingerprint density at radius 1 is 1.38 bits per heavy atom. The van der Waals surface area contributed by atoms with Crippen molar-refractivity contribution in [2.45, 2.75) is 0 Å². The number of carbonyl (C=O) groups excluding carboxylic acids is 1. The van der Waals surface area contributed by atoms with Crippen molar-refractivity contribution in [1.29, 1.82) is 0 Å². The largest absolute Gasteiger partial charge is 0.418 e. The lowest BCUT2D eigenvalue weighted by Gasteiger charge is -2.05. The van der Waals surface area contributed by atoms with Crippen LogP contribution in [0.15, 0.2) is 36.5 Å². The number of benzene rings is 1. The molecule has 0 radical (unpaired) electrons. The number of amides is 1. The van der Waals surface area contributed by atoms with Crippen molar-refractivity contribution in [2.75, 3.05) is 5.32 Å². The molecule has 2 aromatic rings. The second-order valence-electron chi connectivity index (χ2n) is 2.92. The lowest BCUT2D eigenvalue weighted by atomic mass is 10.3. The van der Waals surface area contributed by atoms with Crippen molar-refractivity contribution < 1.29 is 9.53 Å². The van der Waals surface area contributed by atoms with Crippen molar-refractivity contribution >= 4 is 23.5 Å². The molecule has 0 aliphatic carbocycles. The van der Waals surface area contributed by atoms with Crippen LogP contribution in [0, 0.1) is 0 Å². The number of hydrogen-bond donors (Lipinski definition) is 2. The molecular weight excluding hydrogens is 230 g/mol. The second-order valence-corrected chi connectivity index (χ2v) is 3.32. The number of aromatic nitrogens is 2. The molecule has 82 valence electrons. The Balaban J connectivity index is 2.00. The van der Waals surface area contributed by atoms with Crippen LogP contribution < -0.4 is 10.1 Å². The first-order valence-corrected chi connectivity index (χ1v) is 4.86. The quantitative estimate of drug-likeness (QED) is 0.844. The van der Waals surface area contributed by atoms with Gasteiger partial charge >= 0.3 is 6.09 Å². The van der Waals surface area contributed by atoms with Crippen LogP contribution in [0.1, 0.15) is 0 Å². The molecule has 6 heteroatoms. The van der Waals surface area contributed by atoms with E-state index < -0.39 is 6.09 Å². The Bertz CT molecular complexity index is 485. The summed E-state index contributed by atoms with van der Waals surface area (Å²) in [4.78, 5) is 11.4. The Kier molecular flexibility index (Phi) is 3.07. The van der Waals surface area contributed by atoms with Gasteiger partial charge < -0.3 is 4.74 Å². The van der Waals surface area contributed by atoms with E-state index in [0.717, 1.165) is 0 Å². The predicted molar refractivity (Wildman–Crippen MR) is 59.7 cm³/mol. The lowest BCUT2D eigenvalue weighted by molar-refractivity contribution is 0.215. The zero-order valence-corrected chi connectivity index (χ0v) is 8.86. The molecule has 2 rings (SSSR count). The van der Waals surface area contributed by atoms with Gasteiger partial charge in [-0.25, -0.2) is 4.79 Å². The molecule has 16 heavy (non-hydrogen) atoms. The molecule has 0 aliphatic rings. The molecule has 5 nitrogen and oxygen atoms in total. The third-order valence-electron chi connectivity index (χ3n) is 1.78. The van der Waals surface area contributed by atoms with Gasteiger partial charge in [0.05, 0.1) is 11.2 Å². The maximum atomic E-state index is 11.4. The Hall–Kier alpha value is -2.01. The number of carbonyl (C=O) groups is 1. The van der Waals surface area contributed by atoms with E-state index in [9.17, 15) is 4.79 Å². The fourth-order valence-corrected chi connectivity index (χ4v) is 1.26. The van der Waals surface area contributed by atoms with E-state index in [-0.39, 0.29) is 0 Å². The molecule has 0 aliphatic heterocycles. The minimum absolute atomic E-state index is 0.307. The van der Waals surface area contributed by atoms with Crippen LogP contribution in [0.5, 0.6) is 5.75 Å². The molecule has 0 unspecified atom stereocenters. The molecule has 0 bridgehead atoms. The number of anilines is 1. The first kappa shape index (κ1) is 10.5. The molecule has 0 atom stereocenters. The van der Waals surface area contributed by atoms with Gasteiger partial charge in [-0.2, -0.15) is 5.10 Å². The highest BCUT2D eigenvalue weighted by Crippen LogP contribution is 2.23. The number of rotatable bonds is 2. The third-order valence-corrected chi connectivity index (χ3v) is 2.09. The fraction of sp³-hybridized carbons (Fsp3) is 0. The number of nitrogens with zero attached hydrogens (tertiary/aromatic N) is 1. The van der Waals surface area contributed by atoms with Crippen LogP contribution in [0.25, 0.3) is 0 Å². The maximum absolute atomic E-state index is 11.4. The molecular formula is C10H8ClN3O2. The third kappa shape index (κ3) is 2.52. The van der Waals surface area contributed by atoms with E-state index in [1.54, 1.807) is 30.3 Å². The number of nitrogens with one attached hydrogen (secondary N) is 2. The summed E-state index contributed by atoms with van der Waals surface area (Å²) in [6, 6.07) is 8.33. The van der Waals surface area contributed by atoms with Crippen LogP contribution in [0.2, 0.25) is 5.02 Å². The highest BCUT2D eigenvalue weighted by molar-refractivity contribution is 6.32. The number of ether oxygens (including phenoxy) is 1. The minimum atomic E-state index is -0.627. The number of aromatic amines is 1. The summed E-state index contributed by atoms with van der Waals surface area (Å²) in [5.74, 6) is 0.762. The first-order valence-electron chi connectivity index (χ1n) is 4.48. The molecule has 0 saturated carbocycles. The van der Waals surface area contributed by atoms with E-state index in [1.165, 1.54) is 6.20 Å². The van der Waals surface area contributed by atoms with Crippen LogP contribution in [-0.4, -0.2) is 16.3 Å². The fourth-order valence-electron chi connectivity index (χ4n) is 1.09. The summed E-state index contributed by atoms with van der Waals surface area (Å²) >= 11 is 5.83. The van der Waals surface area contributed by atoms with Crippen LogP contribution in [-0.2, 0) is 0 Å².